The Morgan fingerprint density at radius 3 is 2.60 bits per heavy atom. The summed E-state index contributed by atoms with van der Waals surface area (Å²) in [7, 11) is 0. The lowest BCUT2D eigenvalue weighted by Crippen LogP contribution is -1.88. The molecule has 0 aliphatic rings. The summed E-state index contributed by atoms with van der Waals surface area (Å²) in [6, 6.07) is 0. The molecule has 0 rings (SSSR count). The van der Waals surface area contributed by atoms with Gasteiger partial charge in [0.2, 0.25) is 0 Å². The summed E-state index contributed by atoms with van der Waals surface area (Å²) in [5, 5.41) is 8.46. The van der Waals surface area contributed by atoms with Crippen LogP contribution >= 0.6 is 0 Å². The zero-order valence-corrected chi connectivity index (χ0v) is 6.77. The van der Waals surface area contributed by atoms with E-state index in [0.717, 1.165) is 19.3 Å². The van der Waals surface area contributed by atoms with Crippen molar-refractivity contribution in [3.8, 4) is 0 Å². The molecule has 0 aliphatic heterocycles. The molecule has 0 saturated heterocycles. The maximum absolute atomic E-state index is 8.46. The molecule has 0 spiro atoms. The Labute approximate surface area is 63.8 Å². The third-order valence-electron chi connectivity index (χ3n) is 1.58. The molecule has 0 heterocycles. The monoisotopic (exact) mass is 141 g/mol. The molecule has 1 nitrogen and oxygen atoms in total. The highest BCUT2D eigenvalue weighted by Crippen LogP contribution is 2.10. The van der Waals surface area contributed by atoms with Gasteiger partial charge in [0, 0.05) is 6.61 Å². The zero-order valence-electron chi connectivity index (χ0n) is 6.77. The van der Waals surface area contributed by atoms with E-state index in [1.807, 2.05) is 6.08 Å². The van der Waals surface area contributed by atoms with Crippen molar-refractivity contribution in [1.82, 2.24) is 0 Å². The summed E-state index contributed by atoms with van der Waals surface area (Å²) in [5.41, 5.74) is 0. The van der Waals surface area contributed by atoms with E-state index in [2.05, 4.69) is 13.5 Å². The van der Waals surface area contributed by atoms with Crippen molar-refractivity contribution in [3.05, 3.63) is 18.6 Å². The third-order valence-corrected chi connectivity index (χ3v) is 1.58. The molecule has 0 aromatic heterocycles. The molecule has 0 aromatic carbocycles. The number of aliphatic hydroxyl groups excluding tert-OH is 1. The van der Waals surface area contributed by atoms with E-state index in [1.165, 1.54) is 12.3 Å². The van der Waals surface area contributed by atoms with Crippen molar-refractivity contribution in [3.63, 3.8) is 0 Å². The lowest BCUT2D eigenvalue weighted by atomic mass is 10.0. The minimum absolute atomic E-state index is 0.327. The molecule has 1 heteroatoms. The minimum atomic E-state index is 0.327. The molecule has 0 atom stereocenters. The molecule has 0 aromatic rings. The van der Waals surface area contributed by atoms with E-state index in [1.54, 1.807) is 0 Å². The largest absolute Gasteiger partial charge is 0.396 e. The first kappa shape index (κ1) is 9.70. The molecule has 0 amide bonds. The van der Waals surface area contributed by atoms with Crippen LogP contribution in [0.5, 0.6) is 0 Å². The predicted molar refractivity (Wildman–Crippen MR) is 44.7 cm³/mol. The average Bonchev–Trinajstić information content (AvgIpc) is 1.98. The average molecular weight is 141 g/mol. The van der Waals surface area contributed by atoms with Gasteiger partial charge in [-0.25, -0.2) is 0 Å². The van der Waals surface area contributed by atoms with Gasteiger partial charge in [-0.15, -0.1) is 6.58 Å². The zero-order chi connectivity index (χ0) is 7.82. The third kappa shape index (κ3) is 5.83. The second-order valence-electron chi connectivity index (χ2n) is 2.58. The molecule has 0 fully saturated rings. The molecule has 0 unspecified atom stereocenters. The highest BCUT2D eigenvalue weighted by atomic mass is 16.2. The Morgan fingerprint density at radius 1 is 1.40 bits per heavy atom. The molecule has 0 aliphatic carbocycles. The van der Waals surface area contributed by atoms with Gasteiger partial charge in [-0.05, 0) is 18.8 Å². The number of rotatable bonds is 6. The smallest absolute Gasteiger partial charge is 0.0431 e. The van der Waals surface area contributed by atoms with Crippen LogP contribution in [0.25, 0.3) is 0 Å². The molecular weight excluding hydrogens is 124 g/mol. The van der Waals surface area contributed by atoms with E-state index in [4.69, 9.17) is 5.11 Å². The fraction of sp³-hybridized carbons (Fsp3) is 0.667. The number of hydrogen-bond acceptors (Lipinski definition) is 1. The molecule has 1 radical (unpaired) electrons. The summed E-state index contributed by atoms with van der Waals surface area (Å²) >= 11 is 0. The van der Waals surface area contributed by atoms with Gasteiger partial charge in [-0.2, -0.15) is 0 Å². The second-order valence-corrected chi connectivity index (χ2v) is 2.58. The van der Waals surface area contributed by atoms with Crippen LogP contribution in [0.4, 0.5) is 0 Å². The van der Waals surface area contributed by atoms with Gasteiger partial charge in [0.1, 0.15) is 0 Å². The summed E-state index contributed by atoms with van der Waals surface area (Å²) in [5.74, 6) is 1.35. The molecular formula is C9H17O. The van der Waals surface area contributed by atoms with Gasteiger partial charge < -0.3 is 5.11 Å². The maximum Gasteiger partial charge on any atom is 0.0431 e. The number of unbranched alkanes of at least 4 members (excludes halogenated alkanes) is 2. The van der Waals surface area contributed by atoms with Gasteiger partial charge in [-0.1, -0.05) is 25.8 Å². The van der Waals surface area contributed by atoms with Crippen molar-refractivity contribution < 1.29 is 5.11 Å². The van der Waals surface area contributed by atoms with E-state index >= 15 is 0 Å². The Kier molecular flexibility index (Phi) is 6.61. The quantitative estimate of drug-likeness (QED) is 0.563. The fourth-order valence-electron chi connectivity index (χ4n) is 0.794. The van der Waals surface area contributed by atoms with Gasteiger partial charge >= 0.3 is 0 Å². The first-order valence-electron chi connectivity index (χ1n) is 3.87. The first-order valence-corrected chi connectivity index (χ1v) is 3.87. The van der Waals surface area contributed by atoms with E-state index in [-0.39, 0.29) is 0 Å². The highest BCUT2D eigenvalue weighted by Gasteiger charge is 1.95. The maximum atomic E-state index is 8.46. The number of hydrogen-bond donors (Lipinski definition) is 1. The molecule has 10 heavy (non-hydrogen) atoms. The van der Waals surface area contributed by atoms with E-state index < -0.39 is 0 Å². The Balaban J connectivity index is 2.95. The number of allylic oxidation sites excluding steroid dienone is 1. The highest BCUT2D eigenvalue weighted by molar-refractivity contribution is 5.01. The van der Waals surface area contributed by atoms with Crippen molar-refractivity contribution in [2.45, 2.75) is 32.6 Å². The Hall–Kier alpha value is -0.300. The first-order chi connectivity index (χ1) is 4.81. The van der Waals surface area contributed by atoms with Crippen LogP contribution in [0.2, 0.25) is 0 Å². The molecule has 0 bridgehead atoms. The van der Waals surface area contributed by atoms with Crippen LogP contribution in [0.1, 0.15) is 32.6 Å². The normalized spacial score (nSPS) is 10.3. The summed E-state index contributed by atoms with van der Waals surface area (Å²) in [6.07, 6.45) is 6.27. The molecule has 1 N–H and O–H groups in total. The minimum Gasteiger partial charge on any atom is -0.396 e. The Morgan fingerprint density at radius 2 is 2.10 bits per heavy atom. The van der Waals surface area contributed by atoms with Crippen LogP contribution in [0.3, 0.4) is 0 Å². The van der Waals surface area contributed by atoms with Crippen molar-refractivity contribution in [2.75, 3.05) is 6.61 Å². The van der Waals surface area contributed by atoms with Crippen LogP contribution in [-0.4, -0.2) is 11.7 Å². The number of aliphatic hydroxyl groups is 1. The van der Waals surface area contributed by atoms with Gasteiger partial charge in [0.15, 0.2) is 0 Å². The second kappa shape index (κ2) is 6.81. The Bertz CT molecular complexity index is 78.8. The predicted octanol–water partition coefficient (Wildman–Crippen LogP) is 2.32. The summed E-state index contributed by atoms with van der Waals surface area (Å²) in [6.45, 7) is 6.09. The topological polar surface area (TPSA) is 20.2 Å². The van der Waals surface area contributed by atoms with Gasteiger partial charge in [0.25, 0.3) is 0 Å². The lowest BCUT2D eigenvalue weighted by Gasteiger charge is -2.02. The van der Waals surface area contributed by atoms with E-state index in [0.29, 0.717) is 6.61 Å². The van der Waals surface area contributed by atoms with Crippen LogP contribution < -0.4 is 0 Å². The SMILES string of the molecule is C=C[C](C)CCCCCO. The summed E-state index contributed by atoms with van der Waals surface area (Å²) < 4.78 is 0. The fourth-order valence-corrected chi connectivity index (χ4v) is 0.794. The van der Waals surface area contributed by atoms with Crippen molar-refractivity contribution >= 4 is 0 Å². The van der Waals surface area contributed by atoms with Gasteiger partial charge in [0.05, 0.1) is 0 Å². The van der Waals surface area contributed by atoms with Crippen LogP contribution in [0, 0.1) is 5.92 Å². The van der Waals surface area contributed by atoms with Crippen molar-refractivity contribution in [2.24, 2.45) is 0 Å². The van der Waals surface area contributed by atoms with Crippen LogP contribution in [-0.2, 0) is 0 Å². The van der Waals surface area contributed by atoms with E-state index in [9.17, 15) is 0 Å². The van der Waals surface area contributed by atoms with Crippen LogP contribution in [0.15, 0.2) is 12.7 Å². The lowest BCUT2D eigenvalue weighted by molar-refractivity contribution is 0.283. The molecule has 59 valence electrons. The van der Waals surface area contributed by atoms with Gasteiger partial charge in [-0.3, -0.25) is 0 Å². The molecule has 0 saturated carbocycles. The summed E-state index contributed by atoms with van der Waals surface area (Å²) in [4.78, 5) is 0. The van der Waals surface area contributed by atoms with Crippen molar-refractivity contribution in [1.29, 1.82) is 0 Å². The standard InChI is InChI=1S/C9H17O/c1-3-9(2)7-5-4-6-8-10/h3,10H,1,4-8H2,2H3.